The maximum atomic E-state index is 6.82. The lowest BCUT2D eigenvalue weighted by Crippen LogP contribution is -2.28. The first-order chi connectivity index (χ1) is 32.8. The average Bonchev–Trinajstić information content (AvgIpc) is 3.23. The molecule has 0 aromatic carbocycles. The second-order valence-electron chi connectivity index (χ2n) is 26.0. The van der Waals surface area contributed by atoms with Crippen LogP contribution in [0.25, 0.3) is 0 Å². The van der Waals surface area contributed by atoms with Crippen molar-refractivity contribution >= 4 is 23.2 Å². The lowest BCUT2D eigenvalue weighted by molar-refractivity contribution is -0.250. The molecule has 0 aromatic heterocycles. The van der Waals surface area contributed by atoms with Gasteiger partial charge < -0.3 is 14.2 Å². The molecular weight excluding hydrogens is 888 g/mol. The van der Waals surface area contributed by atoms with Gasteiger partial charge in [0.1, 0.15) is 0 Å². The minimum absolute atomic E-state index is 0.170. The van der Waals surface area contributed by atoms with Crippen molar-refractivity contribution in [3.63, 3.8) is 0 Å². The number of halogens is 2. The van der Waals surface area contributed by atoms with Crippen LogP contribution in [-0.4, -0.2) is 37.6 Å². The SMILES string of the molecule is CCCCCOC(CCCC(C)CC(C)CC(C)CC(C)CC(C)CC(C)CC(C)CCCCl)OC(CCCC(C)CC(C)CC(C)CC(C)CC(C)CC(C)CC(C)CCCCl)OCCCCC. The molecule has 0 N–H and O–H groups in total. The molecule has 69 heavy (non-hydrogen) atoms. The van der Waals surface area contributed by atoms with E-state index in [9.17, 15) is 0 Å². The van der Waals surface area contributed by atoms with Gasteiger partial charge in [0.25, 0.3) is 0 Å². The lowest BCUT2D eigenvalue weighted by atomic mass is 9.80. The Morgan fingerprint density at radius 1 is 0.261 bits per heavy atom. The molecule has 0 saturated heterocycles. The molecule has 0 aromatic rings. The van der Waals surface area contributed by atoms with Gasteiger partial charge in [0, 0.05) is 25.0 Å². The van der Waals surface area contributed by atoms with E-state index in [1.807, 2.05) is 0 Å². The zero-order valence-corrected chi connectivity index (χ0v) is 51.4. The first-order valence-corrected chi connectivity index (χ1v) is 31.9. The van der Waals surface area contributed by atoms with Crippen molar-refractivity contribution in [2.24, 2.45) is 82.9 Å². The quantitative estimate of drug-likeness (QED) is 0.0345. The highest BCUT2D eigenvalue weighted by Crippen LogP contribution is 2.33. The first-order valence-electron chi connectivity index (χ1n) is 30.8. The summed E-state index contributed by atoms with van der Waals surface area (Å²) >= 11 is 11.9. The molecule has 16 atom stereocenters. The summed E-state index contributed by atoms with van der Waals surface area (Å²) in [5, 5.41) is 0. The second kappa shape index (κ2) is 44.7. The van der Waals surface area contributed by atoms with E-state index in [1.165, 1.54) is 128 Å². The summed E-state index contributed by atoms with van der Waals surface area (Å²) in [4.78, 5) is 0. The van der Waals surface area contributed by atoms with Crippen LogP contribution in [0.5, 0.6) is 0 Å². The van der Waals surface area contributed by atoms with E-state index >= 15 is 0 Å². The number of hydrogen-bond donors (Lipinski definition) is 0. The van der Waals surface area contributed by atoms with Gasteiger partial charge >= 0.3 is 0 Å². The molecule has 0 amide bonds. The number of ether oxygens (including phenoxy) is 3. The Balaban J connectivity index is 5.01. The second-order valence-corrected chi connectivity index (χ2v) is 26.7. The smallest absolute Gasteiger partial charge is 0.160 e. The molecule has 16 unspecified atom stereocenters. The Labute approximate surface area is 446 Å². The predicted octanol–water partition coefficient (Wildman–Crippen LogP) is 22.0. The van der Waals surface area contributed by atoms with E-state index in [-0.39, 0.29) is 12.6 Å². The first kappa shape index (κ1) is 69.5. The minimum Gasteiger partial charge on any atom is -0.353 e. The Bertz CT molecular complexity index is 1010. The molecule has 0 aliphatic carbocycles. The van der Waals surface area contributed by atoms with Crippen molar-refractivity contribution in [3.8, 4) is 0 Å². The van der Waals surface area contributed by atoms with Gasteiger partial charge in [0.05, 0.1) is 0 Å². The molecule has 3 nitrogen and oxygen atoms in total. The average molecular weight is 1020 g/mol. The number of alkyl halides is 2. The van der Waals surface area contributed by atoms with Crippen molar-refractivity contribution in [3.05, 3.63) is 0 Å². The summed E-state index contributed by atoms with van der Waals surface area (Å²) in [6, 6.07) is 0. The van der Waals surface area contributed by atoms with Crippen molar-refractivity contribution in [2.45, 2.75) is 303 Å². The highest BCUT2D eigenvalue weighted by Gasteiger charge is 2.23. The maximum Gasteiger partial charge on any atom is 0.160 e. The highest BCUT2D eigenvalue weighted by atomic mass is 35.5. The van der Waals surface area contributed by atoms with Crippen molar-refractivity contribution < 1.29 is 14.2 Å². The summed E-state index contributed by atoms with van der Waals surface area (Å²) in [6.07, 6.45) is 34.6. The van der Waals surface area contributed by atoms with Crippen molar-refractivity contribution in [1.82, 2.24) is 0 Å². The zero-order chi connectivity index (χ0) is 52.0. The molecule has 0 saturated carbocycles. The van der Waals surface area contributed by atoms with Crippen LogP contribution in [-0.2, 0) is 14.2 Å². The third-order valence-electron chi connectivity index (χ3n) is 16.0. The molecule has 5 heteroatoms. The summed E-state index contributed by atoms with van der Waals surface area (Å²) in [5.41, 5.74) is 0. The molecule has 0 radical (unpaired) electrons. The van der Waals surface area contributed by atoms with Gasteiger partial charge in [-0.25, -0.2) is 0 Å². The van der Waals surface area contributed by atoms with Crippen LogP contribution in [0.2, 0.25) is 0 Å². The van der Waals surface area contributed by atoms with Crippen LogP contribution in [0.1, 0.15) is 291 Å². The normalized spacial score (nSPS) is 19.4. The molecule has 0 bridgehead atoms. The molecule has 0 heterocycles. The zero-order valence-electron chi connectivity index (χ0n) is 49.8. The van der Waals surface area contributed by atoms with E-state index in [1.54, 1.807) is 0 Å². The van der Waals surface area contributed by atoms with Gasteiger partial charge in [-0.15, -0.1) is 23.2 Å². The molecule has 0 fully saturated rings. The topological polar surface area (TPSA) is 27.7 Å². The Morgan fingerprint density at radius 3 is 0.696 bits per heavy atom. The standard InChI is InChI=1S/C64H128Cl2O3/c1-17-19-21-35-67-63(31-23-27-49(3)37-53(7)41-57(11)45-61(15)47-59(13)43-55(9)39-51(5)29-25-33-65)69-64(68-36-22-20-18-2)32-24-28-50(4)38-54(8)42-58(12)46-62(16)48-60(14)44-56(10)40-52(6)30-26-34-66/h49-64H,17-48H2,1-16H3. The molecule has 0 rings (SSSR count). The lowest BCUT2D eigenvalue weighted by Gasteiger charge is -2.27. The van der Waals surface area contributed by atoms with E-state index in [0.717, 1.165) is 159 Å². The molecule has 0 aliphatic heterocycles. The van der Waals surface area contributed by atoms with Crippen molar-refractivity contribution in [2.75, 3.05) is 25.0 Å². The Morgan fingerprint density at radius 2 is 0.478 bits per heavy atom. The maximum absolute atomic E-state index is 6.82. The molecular formula is C64H128Cl2O3. The van der Waals surface area contributed by atoms with Gasteiger partial charge in [-0.3, -0.25) is 0 Å². The summed E-state index contributed by atoms with van der Waals surface area (Å²) in [5.74, 6) is 12.7. The fourth-order valence-corrected chi connectivity index (χ4v) is 13.8. The van der Waals surface area contributed by atoms with E-state index < -0.39 is 0 Å². The Kier molecular flexibility index (Phi) is 45.0. The van der Waals surface area contributed by atoms with E-state index in [2.05, 4.69) is 111 Å². The monoisotopic (exact) mass is 1010 g/mol. The molecule has 416 valence electrons. The van der Waals surface area contributed by atoms with Crippen LogP contribution >= 0.6 is 23.2 Å². The third kappa shape index (κ3) is 42.4. The fourth-order valence-electron chi connectivity index (χ4n) is 13.5. The number of hydrogen-bond acceptors (Lipinski definition) is 3. The van der Waals surface area contributed by atoms with E-state index in [4.69, 9.17) is 37.4 Å². The predicted molar refractivity (Wildman–Crippen MR) is 311 cm³/mol. The van der Waals surface area contributed by atoms with Crippen LogP contribution in [0.4, 0.5) is 0 Å². The van der Waals surface area contributed by atoms with Gasteiger partial charge in [-0.1, -0.05) is 149 Å². The minimum atomic E-state index is -0.170. The van der Waals surface area contributed by atoms with E-state index in [0.29, 0.717) is 0 Å². The largest absolute Gasteiger partial charge is 0.353 e. The number of unbranched alkanes of at least 4 members (excludes halogenated alkanes) is 4. The fraction of sp³-hybridized carbons (Fsp3) is 1.00. The molecule has 0 aliphatic rings. The van der Waals surface area contributed by atoms with Crippen LogP contribution in [0.3, 0.4) is 0 Å². The summed E-state index contributed by atoms with van der Waals surface area (Å²) < 4.78 is 19.9. The number of rotatable bonds is 50. The highest BCUT2D eigenvalue weighted by molar-refractivity contribution is 6.18. The summed E-state index contributed by atoms with van der Waals surface area (Å²) in [6.45, 7) is 41.0. The van der Waals surface area contributed by atoms with Crippen molar-refractivity contribution in [1.29, 1.82) is 0 Å². The van der Waals surface area contributed by atoms with Gasteiger partial charge in [-0.2, -0.15) is 0 Å². The summed E-state index contributed by atoms with van der Waals surface area (Å²) in [7, 11) is 0. The Hall–Kier alpha value is 0.460. The van der Waals surface area contributed by atoms with Crippen LogP contribution < -0.4 is 0 Å². The molecule has 0 spiro atoms. The van der Waals surface area contributed by atoms with Gasteiger partial charge in [-0.05, 0) is 224 Å². The van der Waals surface area contributed by atoms with Gasteiger partial charge in [0.2, 0.25) is 0 Å². The van der Waals surface area contributed by atoms with Crippen LogP contribution in [0.15, 0.2) is 0 Å². The third-order valence-corrected chi connectivity index (χ3v) is 16.5. The van der Waals surface area contributed by atoms with Crippen LogP contribution in [0, 0.1) is 82.9 Å². The van der Waals surface area contributed by atoms with Gasteiger partial charge in [0.15, 0.2) is 12.6 Å².